The minimum absolute atomic E-state index is 0.0102. The monoisotopic (exact) mass is 498 g/mol. The van der Waals surface area contributed by atoms with Gasteiger partial charge in [0.25, 0.3) is 11.8 Å². The molecule has 1 saturated heterocycles. The van der Waals surface area contributed by atoms with Crippen LogP contribution < -0.4 is 4.72 Å². The molecule has 1 aliphatic heterocycles. The van der Waals surface area contributed by atoms with E-state index in [0.29, 0.717) is 19.8 Å². The van der Waals surface area contributed by atoms with Gasteiger partial charge < -0.3 is 10.0 Å². The number of nitrogens with zero attached hydrogens (tertiary/aromatic N) is 1. The average Bonchev–Trinajstić information content (AvgIpc) is 3.63. The average molecular weight is 499 g/mol. The molecule has 1 amide bonds. The number of benzene rings is 1. The van der Waals surface area contributed by atoms with Crippen molar-refractivity contribution in [3.05, 3.63) is 35.1 Å². The van der Waals surface area contributed by atoms with Gasteiger partial charge in [0.1, 0.15) is 5.82 Å². The van der Waals surface area contributed by atoms with E-state index in [2.05, 4.69) is 16.6 Å². The van der Waals surface area contributed by atoms with Crippen molar-refractivity contribution in [3.63, 3.8) is 0 Å². The maximum atomic E-state index is 15.4. The Bertz CT molecular complexity index is 1160. The van der Waals surface area contributed by atoms with Crippen LogP contribution in [0.25, 0.3) is 0 Å². The molecule has 3 aliphatic rings. The van der Waals surface area contributed by atoms with Crippen molar-refractivity contribution >= 4 is 15.9 Å². The molecule has 2 unspecified atom stereocenters. The van der Waals surface area contributed by atoms with Crippen LogP contribution in [0.1, 0.15) is 50.7 Å². The lowest BCUT2D eigenvalue weighted by molar-refractivity contribution is -0.161. The van der Waals surface area contributed by atoms with E-state index in [9.17, 15) is 27.1 Å². The van der Waals surface area contributed by atoms with Gasteiger partial charge in [0.15, 0.2) is 6.10 Å². The number of rotatable bonds is 6. The minimum Gasteiger partial charge on any atom is -0.378 e. The molecule has 0 radical (unpaired) electrons. The zero-order chi connectivity index (χ0) is 25.1. The van der Waals surface area contributed by atoms with Gasteiger partial charge in [-0.1, -0.05) is 24.0 Å². The lowest BCUT2D eigenvalue weighted by Crippen LogP contribution is -2.53. The third-order valence-corrected chi connectivity index (χ3v) is 7.85. The second-order valence-electron chi connectivity index (χ2n) is 10.4. The van der Waals surface area contributed by atoms with Gasteiger partial charge >= 0.3 is 0 Å². The van der Waals surface area contributed by atoms with Gasteiger partial charge in [0.2, 0.25) is 10.0 Å². The molecule has 34 heavy (non-hydrogen) atoms. The highest BCUT2D eigenvalue weighted by Crippen LogP contribution is 2.56. The first-order valence-corrected chi connectivity index (χ1v) is 13.2. The molecule has 1 heterocycles. The van der Waals surface area contributed by atoms with E-state index in [1.54, 1.807) is 12.1 Å². The van der Waals surface area contributed by atoms with E-state index in [1.165, 1.54) is 6.07 Å². The first kappa shape index (κ1) is 25.0. The Labute approximate surface area is 198 Å². The van der Waals surface area contributed by atoms with Crippen LogP contribution >= 0.6 is 0 Å². The number of hydrogen-bond donors (Lipinski definition) is 2. The van der Waals surface area contributed by atoms with Gasteiger partial charge in [0.05, 0.1) is 17.9 Å². The van der Waals surface area contributed by atoms with Crippen LogP contribution in [0.15, 0.2) is 18.2 Å². The van der Waals surface area contributed by atoms with Crippen LogP contribution in [-0.2, 0) is 21.2 Å². The maximum Gasteiger partial charge on any atom is 0.279 e. The van der Waals surface area contributed by atoms with Crippen molar-refractivity contribution in [2.45, 2.75) is 70.1 Å². The molecule has 1 aromatic rings. The van der Waals surface area contributed by atoms with Gasteiger partial charge in [-0.15, -0.1) is 0 Å². The number of sulfonamides is 1. The Kier molecular flexibility index (Phi) is 6.07. The molecule has 4 rings (SSSR count). The van der Waals surface area contributed by atoms with E-state index in [0.717, 1.165) is 24.0 Å². The van der Waals surface area contributed by atoms with Crippen LogP contribution in [0.2, 0.25) is 0 Å². The van der Waals surface area contributed by atoms with E-state index in [1.807, 2.05) is 6.92 Å². The molecule has 0 bridgehead atoms. The molecular formula is C24H29F3N2O4S. The highest BCUT2D eigenvalue weighted by atomic mass is 32.2. The smallest absolute Gasteiger partial charge is 0.279 e. The second kappa shape index (κ2) is 8.25. The highest BCUT2D eigenvalue weighted by molar-refractivity contribution is 7.88. The third kappa shape index (κ3) is 5.11. The summed E-state index contributed by atoms with van der Waals surface area (Å²) in [6, 6.07) is 2.96. The Morgan fingerprint density at radius 1 is 1.32 bits per heavy atom. The number of aliphatic hydroxyl groups is 1. The Morgan fingerprint density at radius 2 is 1.97 bits per heavy atom. The first-order chi connectivity index (χ1) is 15.6. The quantitative estimate of drug-likeness (QED) is 0.590. The molecule has 6 nitrogen and oxygen atoms in total. The Hall–Kier alpha value is -2.09. The van der Waals surface area contributed by atoms with E-state index in [-0.39, 0.29) is 29.5 Å². The summed E-state index contributed by atoms with van der Waals surface area (Å²) in [5.41, 5.74) is -0.344. The molecule has 2 N–H and O–H groups in total. The fourth-order valence-corrected chi connectivity index (χ4v) is 5.51. The lowest BCUT2D eigenvalue weighted by atomic mass is 9.92. The van der Waals surface area contributed by atoms with Crippen LogP contribution in [0, 0.1) is 28.5 Å². The molecule has 0 aromatic heterocycles. The maximum absolute atomic E-state index is 15.4. The number of carbonyl (C=O) groups is 1. The number of carbonyl (C=O) groups excluding carboxylic acids is 1. The molecule has 3 fully saturated rings. The number of alkyl halides is 2. The number of aliphatic hydroxyl groups excluding tert-OH is 1. The highest BCUT2D eigenvalue weighted by Gasteiger charge is 2.62. The number of nitrogens with one attached hydrogen (secondary N) is 1. The molecule has 2 aliphatic carbocycles. The van der Waals surface area contributed by atoms with Gasteiger partial charge in [-0.2, -0.15) is 0 Å². The first-order valence-electron chi connectivity index (χ1n) is 11.3. The SMILES string of the molecule is CC1(C#Cc2cccc(CC3C(NS(C)(=O)=O)C4(CC4)CN3C(=O)[C@H](O)C(C)(F)F)c2F)CC1. The second-order valence-corrected chi connectivity index (χ2v) is 12.2. The van der Waals surface area contributed by atoms with Crippen molar-refractivity contribution in [3.8, 4) is 11.8 Å². The fourth-order valence-electron chi connectivity index (χ4n) is 4.64. The number of likely N-dealkylation sites (tertiary alicyclic amines) is 1. The van der Waals surface area contributed by atoms with Crippen molar-refractivity contribution in [2.24, 2.45) is 10.8 Å². The van der Waals surface area contributed by atoms with Gasteiger partial charge in [0, 0.05) is 30.3 Å². The summed E-state index contributed by atoms with van der Waals surface area (Å²) in [6.45, 7) is 2.45. The molecule has 2 saturated carbocycles. The van der Waals surface area contributed by atoms with Crippen molar-refractivity contribution in [1.82, 2.24) is 9.62 Å². The van der Waals surface area contributed by atoms with Crippen LogP contribution in [0.4, 0.5) is 13.2 Å². The van der Waals surface area contributed by atoms with E-state index >= 15 is 4.39 Å². The van der Waals surface area contributed by atoms with Gasteiger partial charge in [-0.3, -0.25) is 4.79 Å². The van der Waals surface area contributed by atoms with Crippen molar-refractivity contribution < 1.29 is 31.5 Å². The Morgan fingerprint density at radius 3 is 2.50 bits per heavy atom. The molecule has 186 valence electrons. The molecular weight excluding hydrogens is 469 g/mol. The summed E-state index contributed by atoms with van der Waals surface area (Å²) < 4.78 is 69.6. The largest absolute Gasteiger partial charge is 0.378 e. The number of halogens is 3. The summed E-state index contributed by atoms with van der Waals surface area (Å²) in [5, 5.41) is 9.99. The summed E-state index contributed by atoms with van der Waals surface area (Å²) in [6.07, 6.45) is 1.37. The summed E-state index contributed by atoms with van der Waals surface area (Å²) >= 11 is 0. The molecule has 3 atom stereocenters. The van der Waals surface area contributed by atoms with Crippen LogP contribution in [0.5, 0.6) is 0 Å². The van der Waals surface area contributed by atoms with Crippen LogP contribution in [0.3, 0.4) is 0 Å². The van der Waals surface area contributed by atoms with Crippen molar-refractivity contribution in [2.75, 3.05) is 12.8 Å². The minimum atomic E-state index is -3.71. The zero-order valence-corrected chi connectivity index (χ0v) is 20.2. The molecule has 1 aromatic carbocycles. The molecule has 1 spiro atoms. The number of amides is 1. The van der Waals surface area contributed by atoms with E-state index < -0.39 is 51.3 Å². The summed E-state index contributed by atoms with van der Waals surface area (Å²) in [4.78, 5) is 14.0. The van der Waals surface area contributed by atoms with Crippen molar-refractivity contribution in [1.29, 1.82) is 0 Å². The normalized spacial score (nSPS) is 25.6. The third-order valence-electron chi connectivity index (χ3n) is 7.17. The topological polar surface area (TPSA) is 86.7 Å². The molecule has 10 heteroatoms. The number of hydrogen-bond acceptors (Lipinski definition) is 4. The summed E-state index contributed by atoms with van der Waals surface area (Å²) in [7, 11) is -3.71. The zero-order valence-electron chi connectivity index (χ0n) is 19.4. The summed E-state index contributed by atoms with van der Waals surface area (Å²) in [5.74, 6) is 0.489. The van der Waals surface area contributed by atoms with Crippen LogP contribution in [-0.4, -0.2) is 61.2 Å². The fraction of sp³-hybridized carbons (Fsp3) is 0.625. The lowest BCUT2D eigenvalue weighted by Gasteiger charge is -2.31. The standard InChI is InChI=1S/C24H29F3N2O4S/c1-22(9-10-22)8-7-15-5-4-6-16(18(15)25)13-17-19(28-34(3,32)33)24(11-12-24)14-29(17)21(31)20(30)23(2,26)27/h4-6,17,19-20,28,30H,9-14H2,1-3H3/t17?,19?,20-/m0/s1. The predicted octanol–water partition coefficient (Wildman–Crippen LogP) is 2.44. The van der Waals surface area contributed by atoms with Gasteiger partial charge in [-0.05, 0) is 50.7 Å². The van der Waals surface area contributed by atoms with Gasteiger partial charge in [-0.25, -0.2) is 26.3 Å². The Balaban J connectivity index is 1.69. The van der Waals surface area contributed by atoms with E-state index in [4.69, 9.17) is 0 Å². The predicted molar refractivity (Wildman–Crippen MR) is 120 cm³/mol.